The minimum atomic E-state index is -2.02. The first-order valence-corrected chi connectivity index (χ1v) is 5.91. The van der Waals surface area contributed by atoms with Gasteiger partial charge in [0.15, 0.2) is 0 Å². The first-order valence-electron chi connectivity index (χ1n) is 4.67. The number of rotatable bonds is 3. The number of nitrogens with one attached hydrogen (secondary N) is 1. The number of benzene rings is 1. The van der Waals surface area contributed by atoms with E-state index in [0.717, 1.165) is 16.6 Å². The fraction of sp³-hybridized carbons (Fsp3) is 0.300. The summed E-state index contributed by atoms with van der Waals surface area (Å²) in [5, 5.41) is 8.01. The van der Waals surface area contributed by atoms with E-state index < -0.39 is 11.1 Å². The highest BCUT2D eigenvalue weighted by atomic mass is 32.2. The van der Waals surface area contributed by atoms with E-state index in [2.05, 4.69) is 10.2 Å². The lowest BCUT2D eigenvalue weighted by Gasteiger charge is -2.11. The van der Waals surface area contributed by atoms with E-state index >= 15 is 0 Å². The van der Waals surface area contributed by atoms with Gasteiger partial charge >= 0.3 is 0 Å². The zero-order valence-corrected chi connectivity index (χ0v) is 9.08. The molecule has 15 heavy (non-hydrogen) atoms. The van der Waals surface area contributed by atoms with Gasteiger partial charge in [-0.2, -0.15) is 5.10 Å². The zero-order valence-electron chi connectivity index (χ0n) is 8.27. The Morgan fingerprint density at radius 1 is 1.53 bits per heavy atom. The van der Waals surface area contributed by atoms with E-state index in [1.165, 1.54) is 0 Å². The minimum absolute atomic E-state index is 0.0595. The lowest BCUT2D eigenvalue weighted by molar-refractivity contribution is 0.532. The highest BCUT2D eigenvalue weighted by Gasteiger charge is 2.11. The number of hydrogen-bond donors (Lipinski definition) is 1. The number of H-pyrrole nitrogens is 1. The fourth-order valence-electron chi connectivity index (χ4n) is 1.64. The van der Waals surface area contributed by atoms with Crippen molar-refractivity contribution in [1.29, 1.82) is 0 Å². The van der Waals surface area contributed by atoms with Crippen molar-refractivity contribution in [3.8, 4) is 0 Å². The molecule has 1 aromatic carbocycles. The van der Waals surface area contributed by atoms with Gasteiger partial charge in [0.05, 0.1) is 5.52 Å². The van der Waals surface area contributed by atoms with Crippen molar-refractivity contribution in [1.82, 2.24) is 10.2 Å². The molecular formula is C10H11N2O2S-. The molecule has 2 aromatic rings. The molecule has 0 fully saturated rings. The summed E-state index contributed by atoms with van der Waals surface area (Å²) >= 11 is -2.02. The summed E-state index contributed by atoms with van der Waals surface area (Å²) in [6, 6.07) is 7.67. The summed E-state index contributed by atoms with van der Waals surface area (Å²) < 4.78 is 21.2. The molecular weight excluding hydrogens is 212 g/mol. The van der Waals surface area contributed by atoms with Gasteiger partial charge in [-0.3, -0.25) is 9.31 Å². The standard InChI is InChI=1S/C10H12N2O2S/c1-7(6-15(13)14)10-8-4-2-3-5-9(8)11-12-10/h2-5,7H,6H2,1H3,(H,11,12)(H,13,14)/p-1. The van der Waals surface area contributed by atoms with Gasteiger partial charge in [-0.1, -0.05) is 36.2 Å². The van der Waals surface area contributed by atoms with Gasteiger partial charge in [-0.15, -0.1) is 0 Å². The van der Waals surface area contributed by atoms with E-state index in [-0.39, 0.29) is 11.7 Å². The van der Waals surface area contributed by atoms with Crippen molar-refractivity contribution in [3.63, 3.8) is 0 Å². The van der Waals surface area contributed by atoms with Crippen molar-refractivity contribution in [2.75, 3.05) is 5.75 Å². The van der Waals surface area contributed by atoms with Crippen molar-refractivity contribution in [3.05, 3.63) is 30.0 Å². The lowest BCUT2D eigenvalue weighted by Crippen LogP contribution is -2.06. The first kappa shape index (κ1) is 10.3. The van der Waals surface area contributed by atoms with Crippen molar-refractivity contribution in [2.45, 2.75) is 12.8 Å². The Kier molecular flexibility index (Phi) is 2.83. The number of aromatic nitrogens is 2. The van der Waals surface area contributed by atoms with Crippen LogP contribution in [0.15, 0.2) is 24.3 Å². The monoisotopic (exact) mass is 223 g/mol. The van der Waals surface area contributed by atoms with E-state index in [1.807, 2.05) is 31.2 Å². The van der Waals surface area contributed by atoms with Gasteiger partial charge in [0.1, 0.15) is 0 Å². The maximum Gasteiger partial charge on any atom is 0.0923 e. The van der Waals surface area contributed by atoms with Crippen LogP contribution in [-0.4, -0.2) is 24.7 Å². The molecule has 0 radical (unpaired) electrons. The molecule has 2 atom stereocenters. The fourth-order valence-corrected chi connectivity index (χ4v) is 2.22. The zero-order chi connectivity index (χ0) is 10.8. The summed E-state index contributed by atoms with van der Waals surface area (Å²) in [4.78, 5) is 0. The predicted octanol–water partition coefficient (Wildman–Crippen LogP) is 1.55. The van der Waals surface area contributed by atoms with Gasteiger partial charge in [-0.25, -0.2) is 0 Å². The van der Waals surface area contributed by atoms with Gasteiger partial charge in [-0.05, 0) is 6.07 Å². The molecule has 0 aliphatic rings. The average molecular weight is 223 g/mol. The molecule has 0 spiro atoms. The summed E-state index contributed by atoms with van der Waals surface area (Å²) in [5.74, 6) is 0.0577. The topological polar surface area (TPSA) is 68.8 Å². The summed E-state index contributed by atoms with van der Waals surface area (Å²) in [7, 11) is 0. The smallest absolute Gasteiger partial charge is 0.0923 e. The Bertz CT molecular complexity index is 495. The van der Waals surface area contributed by atoms with Crippen molar-refractivity contribution in [2.24, 2.45) is 0 Å². The normalized spacial score (nSPS) is 15.3. The van der Waals surface area contributed by atoms with Crippen LogP contribution in [0.1, 0.15) is 18.5 Å². The van der Waals surface area contributed by atoms with E-state index in [9.17, 15) is 8.76 Å². The van der Waals surface area contributed by atoms with Crippen LogP contribution in [0, 0.1) is 0 Å². The Labute approximate surface area is 90.0 Å². The number of aromatic amines is 1. The number of hydrogen-bond acceptors (Lipinski definition) is 3. The maximum atomic E-state index is 10.6. The second kappa shape index (κ2) is 4.12. The molecule has 5 heteroatoms. The number of nitrogens with zero attached hydrogens (tertiary/aromatic N) is 1. The molecule has 4 nitrogen and oxygen atoms in total. The van der Waals surface area contributed by atoms with Gasteiger partial charge in [0.25, 0.3) is 0 Å². The third-order valence-corrected chi connectivity index (χ3v) is 3.14. The molecule has 2 rings (SSSR count). The summed E-state index contributed by atoms with van der Waals surface area (Å²) in [6.45, 7) is 1.87. The van der Waals surface area contributed by atoms with Crippen LogP contribution in [-0.2, 0) is 11.1 Å². The highest BCUT2D eigenvalue weighted by molar-refractivity contribution is 7.79. The third kappa shape index (κ3) is 2.08. The Hall–Kier alpha value is -1.20. The van der Waals surface area contributed by atoms with Crippen molar-refractivity contribution < 1.29 is 8.76 Å². The molecule has 2 unspecified atom stereocenters. The number of para-hydroxylation sites is 1. The SMILES string of the molecule is CC(CS(=O)[O-])c1[nH]nc2ccccc12. The summed E-state index contributed by atoms with van der Waals surface area (Å²) in [6.07, 6.45) is 0. The van der Waals surface area contributed by atoms with Crippen LogP contribution in [0.5, 0.6) is 0 Å². The third-order valence-electron chi connectivity index (χ3n) is 2.37. The van der Waals surface area contributed by atoms with E-state index in [0.29, 0.717) is 0 Å². The van der Waals surface area contributed by atoms with Crippen LogP contribution < -0.4 is 0 Å². The average Bonchev–Trinajstić information content (AvgIpc) is 2.59. The van der Waals surface area contributed by atoms with E-state index in [1.54, 1.807) is 0 Å². The van der Waals surface area contributed by atoms with Crippen LogP contribution in [0.2, 0.25) is 0 Å². The molecule has 0 amide bonds. The maximum absolute atomic E-state index is 10.6. The molecule has 0 aliphatic heterocycles. The van der Waals surface area contributed by atoms with E-state index in [4.69, 9.17) is 0 Å². The molecule has 0 bridgehead atoms. The Morgan fingerprint density at radius 3 is 3.00 bits per heavy atom. The highest BCUT2D eigenvalue weighted by Crippen LogP contribution is 2.22. The number of fused-ring (bicyclic) bond motifs is 1. The molecule has 0 saturated carbocycles. The summed E-state index contributed by atoms with van der Waals surface area (Å²) in [5.41, 5.74) is 1.76. The van der Waals surface area contributed by atoms with Crippen LogP contribution in [0.4, 0.5) is 0 Å². The molecule has 0 saturated heterocycles. The molecule has 1 N–H and O–H groups in total. The second-order valence-electron chi connectivity index (χ2n) is 3.53. The minimum Gasteiger partial charge on any atom is -0.772 e. The van der Waals surface area contributed by atoms with Gasteiger partial charge in [0.2, 0.25) is 0 Å². The molecule has 1 heterocycles. The van der Waals surface area contributed by atoms with Crippen LogP contribution in [0.3, 0.4) is 0 Å². The second-order valence-corrected chi connectivity index (χ2v) is 4.47. The largest absolute Gasteiger partial charge is 0.772 e. The Balaban J connectivity index is 2.39. The Morgan fingerprint density at radius 2 is 2.27 bits per heavy atom. The molecule has 80 valence electrons. The lowest BCUT2D eigenvalue weighted by atomic mass is 10.1. The van der Waals surface area contributed by atoms with Crippen molar-refractivity contribution >= 4 is 22.0 Å². The predicted molar refractivity (Wildman–Crippen MR) is 58.3 cm³/mol. The van der Waals surface area contributed by atoms with Crippen LogP contribution in [0.25, 0.3) is 10.9 Å². The van der Waals surface area contributed by atoms with Gasteiger partial charge < -0.3 is 4.55 Å². The first-order chi connectivity index (χ1) is 7.18. The molecule has 0 aliphatic carbocycles. The molecule has 1 aromatic heterocycles. The van der Waals surface area contributed by atoms with Gasteiger partial charge in [0, 0.05) is 22.8 Å². The van der Waals surface area contributed by atoms with Crippen LogP contribution >= 0.6 is 0 Å². The quantitative estimate of drug-likeness (QED) is 0.802.